The molecule has 2 atom stereocenters. The molecular formula is C24H23FN4O4. The lowest BCUT2D eigenvalue weighted by molar-refractivity contribution is -0.384. The Morgan fingerprint density at radius 1 is 1.15 bits per heavy atom. The maximum absolute atomic E-state index is 14.5. The number of furan rings is 1. The number of anilines is 2. The number of halogens is 1. The summed E-state index contributed by atoms with van der Waals surface area (Å²) < 4.78 is 19.8. The zero-order valence-corrected chi connectivity index (χ0v) is 17.8. The second-order valence-electron chi connectivity index (χ2n) is 8.34. The smallest absolute Gasteiger partial charge is 0.269 e. The third-order valence-corrected chi connectivity index (χ3v) is 6.45. The molecule has 2 aromatic carbocycles. The Balaban J connectivity index is 1.46. The number of nitrogens with zero attached hydrogens (tertiary/aromatic N) is 3. The van der Waals surface area contributed by atoms with Crippen LogP contribution in [-0.2, 0) is 17.8 Å². The first kappa shape index (κ1) is 21.0. The van der Waals surface area contributed by atoms with Crippen molar-refractivity contribution in [3.8, 4) is 0 Å². The molecule has 9 heteroatoms. The molecule has 1 N–H and O–H groups in total. The average Bonchev–Trinajstić information content (AvgIpc) is 3.35. The van der Waals surface area contributed by atoms with E-state index >= 15 is 0 Å². The van der Waals surface area contributed by atoms with E-state index in [2.05, 4.69) is 10.2 Å². The molecule has 0 radical (unpaired) electrons. The van der Waals surface area contributed by atoms with Crippen LogP contribution < -0.4 is 15.1 Å². The third kappa shape index (κ3) is 4.02. The minimum Gasteiger partial charge on any atom is -0.467 e. The molecule has 0 aliphatic carbocycles. The summed E-state index contributed by atoms with van der Waals surface area (Å²) in [5.74, 6) is -0.265. The zero-order chi connectivity index (χ0) is 22.9. The number of amides is 1. The fourth-order valence-corrected chi connectivity index (χ4v) is 4.87. The summed E-state index contributed by atoms with van der Waals surface area (Å²) in [6, 6.07) is 14.8. The standard InChI is InChI=1S/C24H23FN4O4/c25-20-5-1-2-6-22(20)27-9-10-28-21-8-7-17(29(31)32)12-16(21)13-19(23(28)15-27)24(30)26-14-18-4-3-11-33-18/h1-8,11-12,19,23H,9-10,13-15H2,(H,26,30)/t19-,23-/m1/s1. The number of piperazine rings is 1. The minimum atomic E-state index is -0.455. The quantitative estimate of drug-likeness (QED) is 0.473. The first-order valence-electron chi connectivity index (χ1n) is 10.8. The van der Waals surface area contributed by atoms with E-state index in [1.54, 1.807) is 48.7 Å². The van der Waals surface area contributed by atoms with Crippen LogP contribution >= 0.6 is 0 Å². The van der Waals surface area contributed by atoms with Crippen LogP contribution in [0.25, 0.3) is 0 Å². The van der Waals surface area contributed by atoms with Crippen molar-refractivity contribution < 1.29 is 18.5 Å². The van der Waals surface area contributed by atoms with Gasteiger partial charge < -0.3 is 19.5 Å². The van der Waals surface area contributed by atoms with Gasteiger partial charge in [-0.1, -0.05) is 12.1 Å². The van der Waals surface area contributed by atoms with Gasteiger partial charge in [0.2, 0.25) is 5.91 Å². The molecule has 170 valence electrons. The molecule has 1 amide bonds. The predicted octanol–water partition coefficient (Wildman–Crippen LogP) is 3.51. The number of nitro groups is 1. The van der Waals surface area contributed by atoms with Crippen LogP contribution in [0.3, 0.4) is 0 Å². The first-order chi connectivity index (χ1) is 16.0. The van der Waals surface area contributed by atoms with Crippen molar-refractivity contribution in [3.63, 3.8) is 0 Å². The fraction of sp³-hybridized carbons (Fsp3) is 0.292. The van der Waals surface area contributed by atoms with Gasteiger partial charge >= 0.3 is 0 Å². The summed E-state index contributed by atoms with van der Waals surface area (Å²) in [6.45, 7) is 1.88. The summed E-state index contributed by atoms with van der Waals surface area (Å²) in [5, 5.41) is 14.2. The first-order valence-corrected chi connectivity index (χ1v) is 10.8. The maximum Gasteiger partial charge on any atom is 0.269 e. The molecule has 2 aliphatic heterocycles. The summed E-state index contributed by atoms with van der Waals surface area (Å²) >= 11 is 0. The molecule has 0 saturated carbocycles. The number of carbonyl (C=O) groups is 1. The lowest BCUT2D eigenvalue weighted by Crippen LogP contribution is -2.61. The fourth-order valence-electron chi connectivity index (χ4n) is 4.87. The summed E-state index contributed by atoms with van der Waals surface area (Å²) in [7, 11) is 0. The van der Waals surface area contributed by atoms with E-state index in [0.717, 1.165) is 11.3 Å². The van der Waals surface area contributed by atoms with Gasteiger partial charge in [-0.15, -0.1) is 0 Å². The highest BCUT2D eigenvalue weighted by atomic mass is 19.1. The van der Waals surface area contributed by atoms with Crippen molar-refractivity contribution in [3.05, 3.63) is 88.1 Å². The van der Waals surface area contributed by atoms with Gasteiger partial charge in [0, 0.05) is 37.5 Å². The van der Waals surface area contributed by atoms with Crippen LogP contribution in [0.2, 0.25) is 0 Å². The Labute approximate surface area is 189 Å². The van der Waals surface area contributed by atoms with Gasteiger partial charge in [0.05, 0.1) is 35.4 Å². The second kappa shape index (κ2) is 8.57. The normalized spacial score (nSPS) is 19.5. The Morgan fingerprint density at radius 3 is 2.76 bits per heavy atom. The molecule has 33 heavy (non-hydrogen) atoms. The largest absolute Gasteiger partial charge is 0.467 e. The van der Waals surface area contributed by atoms with E-state index in [1.165, 1.54) is 12.1 Å². The number of benzene rings is 2. The lowest BCUT2D eigenvalue weighted by atomic mass is 9.83. The van der Waals surface area contributed by atoms with E-state index in [0.29, 0.717) is 37.5 Å². The Hall–Kier alpha value is -3.88. The van der Waals surface area contributed by atoms with Gasteiger partial charge in [-0.05, 0) is 42.3 Å². The molecule has 0 unspecified atom stereocenters. The average molecular weight is 450 g/mol. The van der Waals surface area contributed by atoms with Crippen LogP contribution in [0, 0.1) is 21.8 Å². The van der Waals surface area contributed by atoms with E-state index < -0.39 is 10.8 Å². The van der Waals surface area contributed by atoms with Crippen molar-refractivity contribution >= 4 is 23.0 Å². The maximum atomic E-state index is 14.5. The summed E-state index contributed by atoms with van der Waals surface area (Å²) in [6.07, 6.45) is 1.92. The number of nitrogens with one attached hydrogen (secondary N) is 1. The zero-order valence-electron chi connectivity index (χ0n) is 17.8. The number of non-ortho nitro benzene ring substituents is 1. The minimum absolute atomic E-state index is 0.00642. The van der Waals surface area contributed by atoms with Gasteiger partial charge in [0.25, 0.3) is 5.69 Å². The van der Waals surface area contributed by atoms with Crippen molar-refractivity contribution in [2.24, 2.45) is 5.92 Å². The molecule has 2 aliphatic rings. The number of para-hydroxylation sites is 1. The lowest BCUT2D eigenvalue weighted by Gasteiger charge is -2.49. The SMILES string of the molecule is O=C(NCc1ccco1)[C@@H]1Cc2cc([N+](=O)[O-])ccc2N2CCN(c3ccccc3F)C[C@H]12. The molecule has 0 bridgehead atoms. The highest BCUT2D eigenvalue weighted by Gasteiger charge is 2.42. The molecule has 5 rings (SSSR count). The van der Waals surface area contributed by atoms with Crippen molar-refractivity contribution in [1.29, 1.82) is 0 Å². The number of carbonyl (C=O) groups excluding carboxylic acids is 1. The monoisotopic (exact) mass is 450 g/mol. The van der Waals surface area contributed by atoms with Gasteiger partial charge in [-0.3, -0.25) is 14.9 Å². The Morgan fingerprint density at radius 2 is 2.00 bits per heavy atom. The number of hydrogen-bond donors (Lipinski definition) is 1. The Bertz CT molecular complexity index is 1180. The van der Waals surface area contributed by atoms with Crippen molar-refractivity contribution in [2.75, 3.05) is 29.4 Å². The number of nitro benzene ring substituents is 1. The van der Waals surface area contributed by atoms with Crippen molar-refractivity contribution in [2.45, 2.75) is 19.0 Å². The number of fused-ring (bicyclic) bond motifs is 3. The molecule has 1 aromatic heterocycles. The van der Waals surface area contributed by atoms with E-state index in [-0.39, 0.29) is 30.0 Å². The molecule has 1 fully saturated rings. The topological polar surface area (TPSA) is 91.9 Å². The Kier molecular flexibility index (Phi) is 5.45. The van der Waals surface area contributed by atoms with Crippen LogP contribution in [0.4, 0.5) is 21.5 Å². The predicted molar refractivity (Wildman–Crippen MR) is 121 cm³/mol. The highest BCUT2D eigenvalue weighted by Crippen LogP contribution is 2.39. The second-order valence-corrected chi connectivity index (χ2v) is 8.34. The molecule has 3 heterocycles. The van der Waals surface area contributed by atoms with Crippen LogP contribution in [0.1, 0.15) is 11.3 Å². The van der Waals surface area contributed by atoms with Gasteiger partial charge in [-0.2, -0.15) is 0 Å². The van der Waals surface area contributed by atoms with Crippen LogP contribution in [0.15, 0.2) is 65.3 Å². The summed E-state index contributed by atoms with van der Waals surface area (Å²) in [4.78, 5) is 28.3. The van der Waals surface area contributed by atoms with Crippen LogP contribution in [-0.4, -0.2) is 36.5 Å². The molecule has 8 nitrogen and oxygen atoms in total. The molecule has 0 spiro atoms. The van der Waals surface area contributed by atoms with E-state index in [1.807, 2.05) is 4.90 Å². The molecule has 1 saturated heterocycles. The number of rotatable bonds is 5. The highest BCUT2D eigenvalue weighted by molar-refractivity contribution is 5.82. The van der Waals surface area contributed by atoms with Gasteiger partial charge in [-0.25, -0.2) is 4.39 Å². The summed E-state index contributed by atoms with van der Waals surface area (Å²) in [5.41, 5.74) is 2.19. The van der Waals surface area contributed by atoms with Crippen LogP contribution in [0.5, 0.6) is 0 Å². The van der Waals surface area contributed by atoms with Crippen molar-refractivity contribution in [1.82, 2.24) is 5.32 Å². The van der Waals surface area contributed by atoms with Gasteiger partial charge in [0.15, 0.2) is 0 Å². The van der Waals surface area contributed by atoms with Gasteiger partial charge in [0.1, 0.15) is 11.6 Å². The molecule has 3 aromatic rings. The van der Waals surface area contributed by atoms with E-state index in [4.69, 9.17) is 4.42 Å². The van der Waals surface area contributed by atoms with E-state index in [9.17, 15) is 19.3 Å². The molecular weight excluding hydrogens is 427 g/mol. The third-order valence-electron chi connectivity index (χ3n) is 6.45. The number of hydrogen-bond acceptors (Lipinski definition) is 6.